The second-order valence-corrected chi connectivity index (χ2v) is 5.43. The smallest absolute Gasteiger partial charge is 0.184 e. The second-order valence-electron chi connectivity index (χ2n) is 5.43. The number of nitrogens with zero attached hydrogens (tertiary/aromatic N) is 4. The Kier molecular flexibility index (Phi) is 3.26. The molecule has 0 unspecified atom stereocenters. The summed E-state index contributed by atoms with van der Waals surface area (Å²) in [5.74, 6) is -0.355. The molecule has 0 aliphatic rings. The number of nitrogens with one attached hydrogen (secondary N) is 1. The van der Waals surface area contributed by atoms with Crippen molar-refractivity contribution in [3.05, 3.63) is 54.2 Å². The van der Waals surface area contributed by atoms with Gasteiger partial charge in [-0.15, -0.1) is 0 Å². The first kappa shape index (κ1) is 14.4. The normalized spacial score (nSPS) is 11.2. The summed E-state index contributed by atoms with van der Waals surface area (Å²) in [5, 5.41) is 21.8. The molecule has 1 aromatic carbocycles. The van der Waals surface area contributed by atoms with Gasteiger partial charge in [0.1, 0.15) is 0 Å². The minimum absolute atomic E-state index is 0.348. The summed E-state index contributed by atoms with van der Waals surface area (Å²) in [6.07, 6.45) is 5.82. The number of aromatic nitrogens is 5. The SMILES string of the molecule is CCc1cc(O)c(F)cc1-c1cc2[nH]nc(-n3cccn3)c2cn1. The largest absolute Gasteiger partial charge is 0.505 e. The van der Waals surface area contributed by atoms with Gasteiger partial charge in [0.25, 0.3) is 0 Å². The molecular formula is C17H14FN5O. The molecule has 0 amide bonds. The molecule has 3 heterocycles. The van der Waals surface area contributed by atoms with Crippen molar-refractivity contribution in [2.75, 3.05) is 0 Å². The number of benzene rings is 1. The van der Waals surface area contributed by atoms with E-state index in [1.807, 2.05) is 19.1 Å². The van der Waals surface area contributed by atoms with Crippen molar-refractivity contribution in [1.82, 2.24) is 25.0 Å². The molecule has 4 rings (SSSR count). The third-order valence-electron chi connectivity index (χ3n) is 3.98. The molecule has 6 nitrogen and oxygen atoms in total. The fraction of sp³-hybridized carbons (Fsp3) is 0.118. The molecule has 0 atom stereocenters. The van der Waals surface area contributed by atoms with Gasteiger partial charge in [-0.3, -0.25) is 10.1 Å². The zero-order valence-electron chi connectivity index (χ0n) is 12.9. The van der Waals surface area contributed by atoms with Gasteiger partial charge in [-0.2, -0.15) is 10.2 Å². The summed E-state index contributed by atoms with van der Waals surface area (Å²) >= 11 is 0. The third-order valence-corrected chi connectivity index (χ3v) is 3.98. The number of phenolic OH excluding ortho intramolecular Hbond substituents is 1. The summed E-state index contributed by atoms with van der Waals surface area (Å²) in [4.78, 5) is 4.45. The van der Waals surface area contributed by atoms with Crippen LogP contribution in [0.2, 0.25) is 0 Å². The molecule has 0 fully saturated rings. The van der Waals surface area contributed by atoms with Gasteiger partial charge in [0.05, 0.1) is 16.6 Å². The van der Waals surface area contributed by atoms with Crippen LogP contribution in [0.15, 0.2) is 42.9 Å². The van der Waals surface area contributed by atoms with Crippen LogP contribution in [0.25, 0.3) is 28.0 Å². The van der Waals surface area contributed by atoms with Crippen molar-refractivity contribution in [2.45, 2.75) is 13.3 Å². The quantitative estimate of drug-likeness (QED) is 0.607. The highest BCUT2D eigenvalue weighted by Crippen LogP contribution is 2.30. The van der Waals surface area contributed by atoms with Crippen LogP contribution in [0, 0.1) is 5.82 Å². The Morgan fingerprint density at radius 2 is 2.17 bits per heavy atom. The topological polar surface area (TPSA) is 79.6 Å². The van der Waals surface area contributed by atoms with Crippen LogP contribution in [0.1, 0.15) is 12.5 Å². The molecule has 0 bridgehead atoms. The van der Waals surface area contributed by atoms with Gasteiger partial charge in [-0.05, 0) is 36.2 Å². The number of aromatic hydroxyl groups is 1. The van der Waals surface area contributed by atoms with E-state index in [1.54, 1.807) is 23.3 Å². The molecule has 0 radical (unpaired) electrons. The molecule has 24 heavy (non-hydrogen) atoms. The molecule has 4 aromatic rings. The molecule has 2 N–H and O–H groups in total. The van der Waals surface area contributed by atoms with Gasteiger partial charge in [0.15, 0.2) is 17.4 Å². The minimum Gasteiger partial charge on any atom is -0.505 e. The Morgan fingerprint density at radius 3 is 2.92 bits per heavy atom. The Labute approximate surface area is 136 Å². The molecule has 7 heteroatoms. The van der Waals surface area contributed by atoms with E-state index in [9.17, 15) is 9.50 Å². The van der Waals surface area contributed by atoms with Crippen LogP contribution in [0.5, 0.6) is 5.75 Å². The number of aromatic amines is 1. The first-order chi connectivity index (χ1) is 11.7. The Hall–Kier alpha value is -3.22. The number of hydrogen-bond acceptors (Lipinski definition) is 4. The number of halogens is 1. The standard InChI is InChI=1S/C17H14FN5O/c1-2-10-6-16(24)13(18)7-11(10)14-8-15-12(9-19-14)17(22-21-15)23-5-3-4-20-23/h3-9,24H,2H2,1H3,(H,21,22). The lowest BCUT2D eigenvalue weighted by molar-refractivity contribution is 0.432. The lowest BCUT2D eigenvalue weighted by Crippen LogP contribution is -1.95. The first-order valence-corrected chi connectivity index (χ1v) is 7.53. The fourth-order valence-corrected chi connectivity index (χ4v) is 2.75. The van der Waals surface area contributed by atoms with E-state index in [4.69, 9.17) is 0 Å². The molecular weight excluding hydrogens is 309 g/mol. The Balaban J connectivity index is 1.86. The van der Waals surface area contributed by atoms with Crippen molar-refractivity contribution in [3.8, 4) is 22.8 Å². The summed E-state index contributed by atoms with van der Waals surface area (Å²) in [5.41, 5.74) is 2.88. The van der Waals surface area contributed by atoms with Gasteiger partial charge < -0.3 is 5.11 Å². The third kappa shape index (κ3) is 2.21. The van der Waals surface area contributed by atoms with E-state index < -0.39 is 5.82 Å². The van der Waals surface area contributed by atoms with E-state index in [-0.39, 0.29) is 5.75 Å². The highest BCUT2D eigenvalue weighted by atomic mass is 19.1. The summed E-state index contributed by atoms with van der Waals surface area (Å²) < 4.78 is 15.4. The van der Waals surface area contributed by atoms with Crippen molar-refractivity contribution >= 4 is 10.9 Å². The van der Waals surface area contributed by atoms with Gasteiger partial charge in [-0.1, -0.05) is 6.92 Å². The van der Waals surface area contributed by atoms with Crippen LogP contribution < -0.4 is 0 Å². The van der Waals surface area contributed by atoms with Gasteiger partial charge in [0.2, 0.25) is 0 Å². The zero-order chi connectivity index (χ0) is 16.7. The fourth-order valence-electron chi connectivity index (χ4n) is 2.75. The van der Waals surface area contributed by atoms with E-state index in [2.05, 4.69) is 20.3 Å². The number of pyridine rings is 1. The molecule has 0 aliphatic heterocycles. The van der Waals surface area contributed by atoms with Gasteiger partial charge in [0, 0.05) is 24.2 Å². The number of H-pyrrole nitrogens is 1. The summed E-state index contributed by atoms with van der Waals surface area (Å²) in [7, 11) is 0. The van der Waals surface area contributed by atoms with Crippen molar-refractivity contribution in [3.63, 3.8) is 0 Å². The number of aryl methyl sites for hydroxylation is 1. The van der Waals surface area contributed by atoms with E-state index >= 15 is 0 Å². The highest BCUT2D eigenvalue weighted by molar-refractivity contribution is 5.88. The molecule has 0 spiro atoms. The van der Waals surface area contributed by atoms with E-state index in [0.717, 1.165) is 16.5 Å². The zero-order valence-corrected chi connectivity index (χ0v) is 12.9. The maximum atomic E-state index is 13.8. The Morgan fingerprint density at radius 1 is 1.29 bits per heavy atom. The van der Waals surface area contributed by atoms with Crippen molar-refractivity contribution in [2.24, 2.45) is 0 Å². The van der Waals surface area contributed by atoms with Crippen LogP contribution in [-0.4, -0.2) is 30.1 Å². The van der Waals surface area contributed by atoms with Crippen molar-refractivity contribution < 1.29 is 9.50 Å². The monoisotopic (exact) mass is 323 g/mol. The number of hydrogen-bond donors (Lipinski definition) is 2. The number of fused-ring (bicyclic) bond motifs is 1. The minimum atomic E-state index is -0.661. The average Bonchev–Trinajstić information content (AvgIpc) is 3.25. The van der Waals surface area contributed by atoms with Gasteiger partial charge in [-0.25, -0.2) is 9.07 Å². The molecule has 0 aliphatic carbocycles. The maximum absolute atomic E-state index is 13.8. The first-order valence-electron chi connectivity index (χ1n) is 7.53. The van der Waals surface area contributed by atoms with E-state index in [0.29, 0.717) is 23.5 Å². The average molecular weight is 323 g/mol. The van der Waals surface area contributed by atoms with Crippen LogP contribution in [-0.2, 0) is 6.42 Å². The molecule has 3 aromatic heterocycles. The summed E-state index contributed by atoms with van der Waals surface area (Å²) in [6, 6.07) is 6.39. The maximum Gasteiger partial charge on any atom is 0.184 e. The molecule has 120 valence electrons. The van der Waals surface area contributed by atoms with Crippen LogP contribution in [0.3, 0.4) is 0 Å². The van der Waals surface area contributed by atoms with Crippen LogP contribution >= 0.6 is 0 Å². The molecule has 0 saturated carbocycles. The van der Waals surface area contributed by atoms with E-state index in [1.165, 1.54) is 12.1 Å². The predicted molar refractivity (Wildman–Crippen MR) is 87.4 cm³/mol. The number of phenols is 1. The summed E-state index contributed by atoms with van der Waals surface area (Å²) in [6.45, 7) is 1.95. The lowest BCUT2D eigenvalue weighted by atomic mass is 10.0. The lowest BCUT2D eigenvalue weighted by Gasteiger charge is -2.09. The second kappa shape index (κ2) is 5.45. The van der Waals surface area contributed by atoms with Crippen LogP contribution in [0.4, 0.5) is 4.39 Å². The molecule has 0 saturated heterocycles. The predicted octanol–water partition coefficient (Wildman–Crippen LogP) is 3.22. The highest BCUT2D eigenvalue weighted by Gasteiger charge is 2.14. The number of rotatable bonds is 3. The van der Waals surface area contributed by atoms with Gasteiger partial charge >= 0.3 is 0 Å². The van der Waals surface area contributed by atoms with Crippen molar-refractivity contribution in [1.29, 1.82) is 0 Å². The Bertz CT molecular complexity index is 1020.